The van der Waals surface area contributed by atoms with Crippen LogP contribution in [0.3, 0.4) is 0 Å². The highest BCUT2D eigenvalue weighted by molar-refractivity contribution is 8.21. The molecule has 2 amide bonds. The molecule has 2 aromatic rings. The molecule has 25 heavy (non-hydrogen) atoms. The van der Waals surface area contributed by atoms with E-state index < -0.39 is 5.54 Å². The Morgan fingerprint density at radius 2 is 1.64 bits per heavy atom. The Morgan fingerprint density at radius 1 is 1.04 bits per heavy atom. The number of nitrogens with one attached hydrogen (secondary N) is 1. The quantitative estimate of drug-likeness (QED) is 0.727. The Morgan fingerprint density at radius 3 is 2.16 bits per heavy atom. The first-order chi connectivity index (χ1) is 11.7. The molecule has 0 aliphatic carbocycles. The van der Waals surface area contributed by atoms with Crippen molar-refractivity contribution in [2.45, 2.75) is 31.2 Å². The van der Waals surface area contributed by atoms with Crippen LogP contribution in [0.5, 0.6) is 0 Å². The molecule has 0 spiro atoms. The SMILES string of the molecule is CC(C)(C)N(NC(=O)c1ccc(SCl)cc1)C(=O)c1ccccc1Cl. The van der Waals surface area contributed by atoms with Gasteiger partial charge in [-0.15, -0.1) is 0 Å². The van der Waals surface area contributed by atoms with E-state index in [0.717, 1.165) is 15.9 Å². The summed E-state index contributed by atoms with van der Waals surface area (Å²) in [5, 5.41) is 1.63. The van der Waals surface area contributed by atoms with Gasteiger partial charge in [-0.25, -0.2) is 5.01 Å². The fourth-order valence-electron chi connectivity index (χ4n) is 2.10. The largest absolute Gasteiger partial charge is 0.274 e. The molecular formula is C18H18Cl2N2O2S. The molecule has 4 nitrogen and oxygen atoms in total. The summed E-state index contributed by atoms with van der Waals surface area (Å²) in [4.78, 5) is 26.3. The maximum Gasteiger partial charge on any atom is 0.274 e. The molecule has 0 heterocycles. The normalized spacial score (nSPS) is 11.1. The Balaban J connectivity index is 2.27. The van der Waals surface area contributed by atoms with E-state index in [2.05, 4.69) is 5.43 Å². The standard InChI is InChI=1S/C18H18Cl2N2O2S/c1-18(2,3)22(17(24)14-6-4-5-7-15(14)19)21-16(23)12-8-10-13(25-20)11-9-12/h4-11H,1-3H3,(H,21,23). The number of carbonyl (C=O) groups excluding carboxylic acids is 2. The van der Waals surface area contributed by atoms with Crippen molar-refractivity contribution in [1.29, 1.82) is 0 Å². The number of hydrazine groups is 1. The summed E-state index contributed by atoms with van der Waals surface area (Å²) in [7, 11) is 6.75. The molecule has 0 atom stereocenters. The zero-order valence-corrected chi connectivity index (χ0v) is 16.4. The minimum Gasteiger partial charge on any atom is -0.267 e. The summed E-state index contributed by atoms with van der Waals surface area (Å²) >= 11 is 6.13. The van der Waals surface area contributed by atoms with E-state index in [4.69, 9.17) is 22.3 Å². The molecule has 7 heteroatoms. The third kappa shape index (κ3) is 4.91. The van der Waals surface area contributed by atoms with Gasteiger partial charge in [-0.1, -0.05) is 23.7 Å². The van der Waals surface area contributed by atoms with E-state index in [9.17, 15) is 9.59 Å². The second-order valence-electron chi connectivity index (χ2n) is 6.33. The highest BCUT2D eigenvalue weighted by atomic mass is 35.7. The van der Waals surface area contributed by atoms with Crippen LogP contribution in [0.4, 0.5) is 0 Å². The minimum absolute atomic E-state index is 0.327. The van der Waals surface area contributed by atoms with Crippen LogP contribution in [0.2, 0.25) is 5.02 Å². The third-order valence-corrected chi connectivity index (χ3v) is 4.71. The average molecular weight is 397 g/mol. The van der Waals surface area contributed by atoms with Crippen LogP contribution in [0.25, 0.3) is 0 Å². The van der Waals surface area contributed by atoms with Crippen LogP contribution in [0, 0.1) is 0 Å². The van der Waals surface area contributed by atoms with Crippen molar-refractivity contribution in [3.8, 4) is 0 Å². The lowest BCUT2D eigenvalue weighted by molar-refractivity contribution is 0.0359. The van der Waals surface area contributed by atoms with E-state index in [1.807, 2.05) is 20.8 Å². The zero-order chi connectivity index (χ0) is 18.6. The molecule has 0 aliphatic heterocycles. The fourth-order valence-corrected chi connectivity index (χ4v) is 2.87. The first-order valence-electron chi connectivity index (χ1n) is 7.53. The number of hydrogen-bond acceptors (Lipinski definition) is 3. The van der Waals surface area contributed by atoms with Gasteiger partial charge in [0.1, 0.15) is 0 Å². The summed E-state index contributed by atoms with van der Waals surface area (Å²) < 4.78 is 0. The van der Waals surface area contributed by atoms with Gasteiger partial charge in [0.15, 0.2) is 0 Å². The number of amides is 2. The van der Waals surface area contributed by atoms with Crippen LogP contribution in [-0.4, -0.2) is 22.4 Å². The van der Waals surface area contributed by atoms with Crippen LogP contribution in [0.15, 0.2) is 53.4 Å². The number of halogens is 2. The minimum atomic E-state index is -0.641. The average Bonchev–Trinajstić information content (AvgIpc) is 2.58. The number of benzene rings is 2. The van der Waals surface area contributed by atoms with Crippen molar-refractivity contribution in [1.82, 2.24) is 10.4 Å². The van der Waals surface area contributed by atoms with E-state index in [0.29, 0.717) is 16.1 Å². The van der Waals surface area contributed by atoms with Gasteiger partial charge < -0.3 is 0 Å². The Bertz CT molecular complexity index is 773. The summed E-state index contributed by atoms with van der Waals surface area (Å²) in [5.41, 5.74) is 2.80. The summed E-state index contributed by atoms with van der Waals surface area (Å²) in [6.45, 7) is 5.49. The highest BCUT2D eigenvalue weighted by Crippen LogP contribution is 2.23. The molecule has 0 radical (unpaired) electrons. The highest BCUT2D eigenvalue weighted by Gasteiger charge is 2.30. The second-order valence-corrected chi connectivity index (χ2v) is 7.83. The van der Waals surface area contributed by atoms with Gasteiger partial charge >= 0.3 is 0 Å². The monoisotopic (exact) mass is 396 g/mol. The number of carbonyl (C=O) groups is 2. The van der Waals surface area contributed by atoms with Gasteiger partial charge in [0.05, 0.1) is 16.1 Å². The topological polar surface area (TPSA) is 49.4 Å². The van der Waals surface area contributed by atoms with Crippen molar-refractivity contribution in [2.24, 2.45) is 0 Å². The van der Waals surface area contributed by atoms with Gasteiger partial charge in [-0.05, 0) is 78.8 Å². The Hall–Kier alpha value is -1.69. The lowest BCUT2D eigenvalue weighted by Crippen LogP contribution is -2.55. The maximum absolute atomic E-state index is 12.9. The number of nitrogens with zero attached hydrogens (tertiary/aromatic N) is 1. The number of rotatable bonds is 3. The fraction of sp³-hybridized carbons (Fsp3) is 0.222. The van der Waals surface area contributed by atoms with Crippen LogP contribution in [0.1, 0.15) is 41.5 Å². The molecule has 2 aromatic carbocycles. The Labute approximate surface area is 161 Å². The van der Waals surface area contributed by atoms with Crippen molar-refractivity contribution in [2.75, 3.05) is 0 Å². The van der Waals surface area contributed by atoms with Gasteiger partial charge in [-0.2, -0.15) is 0 Å². The van der Waals surface area contributed by atoms with E-state index >= 15 is 0 Å². The molecule has 0 saturated heterocycles. The summed E-state index contributed by atoms with van der Waals surface area (Å²) in [6, 6.07) is 13.5. The summed E-state index contributed by atoms with van der Waals surface area (Å²) in [6.07, 6.45) is 0. The molecular weight excluding hydrogens is 379 g/mol. The lowest BCUT2D eigenvalue weighted by atomic mass is 10.1. The second kappa shape index (κ2) is 8.13. The van der Waals surface area contributed by atoms with Crippen molar-refractivity contribution >= 4 is 45.1 Å². The molecule has 0 fully saturated rings. The van der Waals surface area contributed by atoms with Crippen LogP contribution in [-0.2, 0) is 0 Å². The van der Waals surface area contributed by atoms with Crippen LogP contribution >= 0.6 is 33.3 Å². The molecule has 132 valence electrons. The summed E-state index contributed by atoms with van der Waals surface area (Å²) in [5.74, 6) is -0.763. The maximum atomic E-state index is 12.9. The first kappa shape index (κ1) is 19.6. The third-order valence-electron chi connectivity index (χ3n) is 3.40. The number of hydrogen-bond donors (Lipinski definition) is 1. The van der Waals surface area contributed by atoms with Gasteiger partial charge in [-0.3, -0.25) is 15.0 Å². The molecule has 0 aromatic heterocycles. The lowest BCUT2D eigenvalue weighted by Gasteiger charge is -2.35. The van der Waals surface area contributed by atoms with E-state index in [-0.39, 0.29) is 11.8 Å². The first-order valence-corrected chi connectivity index (χ1v) is 9.55. The van der Waals surface area contributed by atoms with E-state index in [1.54, 1.807) is 48.5 Å². The molecule has 1 N–H and O–H groups in total. The smallest absolute Gasteiger partial charge is 0.267 e. The zero-order valence-electron chi connectivity index (χ0n) is 14.0. The predicted molar refractivity (Wildman–Crippen MR) is 103 cm³/mol. The van der Waals surface area contributed by atoms with Crippen LogP contribution < -0.4 is 5.43 Å². The van der Waals surface area contributed by atoms with Crippen molar-refractivity contribution in [3.63, 3.8) is 0 Å². The van der Waals surface area contributed by atoms with Crippen molar-refractivity contribution in [3.05, 3.63) is 64.7 Å². The van der Waals surface area contributed by atoms with Crippen molar-refractivity contribution < 1.29 is 9.59 Å². The molecule has 0 saturated carbocycles. The molecule has 0 unspecified atom stereocenters. The van der Waals surface area contributed by atoms with E-state index in [1.165, 1.54) is 5.01 Å². The molecule has 2 rings (SSSR count). The van der Waals surface area contributed by atoms with Gasteiger partial charge in [0.2, 0.25) is 0 Å². The van der Waals surface area contributed by atoms with Gasteiger partial charge in [0.25, 0.3) is 11.8 Å². The molecule has 0 bridgehead atoms. The Kier molecular flexibility index (Phi) is 6.38. The predicted octanol–water partition coefficient (Wildman–Crippen LogP) is 5.17. The van der Waals surface area contributed by atoms with Gasteiger partial charge in [0, 0.05) is 10.5 Å². The molecule has 0 aliphatic rings.